The zero-order valence-corrected chi connectivity index (χ0v) is 11.3. The number of fused-ring (bicyclic) bond motifs is 3. The summed E-state index contributed by atoms with van der Waals surface area (Å²) in [6.07, 6.45) is 6.20. The topological polar surface area (TPSA) is 29.1 Å². The zero-order chi connectivity index (χ0) is 12.8. The third kappa shape index (κ3) is 1.93. The SMILES string of the molecule is O=C(c1ccc2c(c1)CNCC2)C1CC2CCC1C2. The van der Waals surface area contributed by atoms with Gasteiger partial charge in [-0.15, -0.1) is 0 Å². The summed E-state index contributed by atoms with van der Waals surface area (Å²) < 4.78 is 0. The van der Waals surface area contributed by atoms with Crippen molar-refractivity contribution in [3.05, 3.63) is 34.9 Å². The quantitative estimate of drug-likeness (QED) is 0.823. The predicted molar refractivity (Wildman–Crippen MR) is 75.1 cm³/mol. The fourth-order valence-corrected chi connectivity index (χ4v) is 4.41. The van der Waals surface area contributed by atoms with Crippen LogP contribution in [0.5, 0.6) is 0 Å². The van der Waals surface area contributed by atoms with Crippen LogP contribution < -0.4 is 5.32 Å². The Bertz CT molecular complexity index is 522. The number of carbonyl (C=O) groups is 1. The van der Waals surface area contributed by atoms with E-state index in [4.69, 9.17) is 0 Å². The van der Waals surface area contributed by atoms with Crippen molar-refractivity contribution < 1.29 is 4.79 Å². The Morgan fingerprint density at radius 1 is 1.16 bits per heavy atom. The second-order valence-electron chi connectivity index (χ2n) is 6.56. The molecule has 1 N–H and O–H groups in total. The summed E-state index contributed by atoms with van der Waals surface area (Å²) in [5.74, 6) is 2.28. The van der Waals surface area contributed by atoms with E-state index in [-0.39, 0.29) is 0 Å². The van der Waals surface area contributed by atoms with Crippen molar-refractivity contribution in [1.82, 2.24) is 5.32 Å². The Kier molecular flexibility index (Phi) is 2.73. The van der Waals surface area contributed by atoms with E-state index in [9.17, 15) is 4.79 Å². The van der Waals surface area contributed by atoms with Gasteiger partial charge in [0.15, 0.2) is 5.78 Å². The monoisotopic (exact) mass is 255 g/mol. The highest BCUT2D eigenvalue weighted by Crippen LogP contribution is 2.49. The third-order valence-electron chi connectivity index (χ3n) is 5.45. The highest BCUT2D eigenvalue weighted by atomic mass is 16.1. The van der Waals surface area contributed by atoms with Crippen LogP contribution in [0.1, 0.15) is 47.2 Å². The summed E-state index contributed by atoms with van der Waals surface area (Å²) in [6.45, 7) is 1.99. The molecule has 3 unspecified atom stereocenters. The van der Waals surface area contributed by atoms with Gasteiger partial charge in [-0.1, -0.05) is 18.6 Å². The predicted octanol–water partition coefficient (Wildman–Crippen LogP) is 2.95. The minimum Gasteiger partial charge on any atom is -0.312 e. The first-order valence-electron chi connectivity index (χ1n) is 7.68. The van der Waals surface area contributed by atoms with Gasteiger partial charge in [-0.05, 0) is 61.3 Å². The average molecular weight is 255 g/mol. The number of ketones is 1. The summed E-state index contributed by atoms with van der Waals surface area (Å²) in [5, 5.41) is 3.39. The van der Waals surface area contributed by atoms with Crippen LogP contribution in [0.25, 0.3) is 0 Å². The summed E-state index contributed by atoms with van der Waals surface area (Å²) in [7, 11) is 0. The van der Waals surface area contributed by atoms with Gasteiger partial charge in [0.05, 0.1) is 0 Å². The summed E-state index contributed by atoms with van der Waals surface area (Å²) >= 11 is 0. The Balaban J connectivity index is 1.60. The summed E-state index contributed by atoms with van der Waals surface area (Å²) in [6, 6.07) is 6.39. The van der Waals surface area contributed by atoms with Crippen molar-refractivity contribution in [3.8, 4) is 0 Å². The molecule has 4 rings (SSSR count). The molecule has 100 valence electrons. The minimum atomic E-state index is 0.327. The van der Waals surface area contributed by atoms with Gasteiger partial charge in [-0.25, -0.2) is 0 Å². The number of carbonyl (C=O) groups excluding carboxylic acids is 1. The number of hydrogen-bond acceptors (Lipinski definition) is 2. The Morgan fingerprint density at radius 2 is 2.11 bits per heavy atom. The summed E-state index contributed by atoms with van der Waals surface area (Å²) in [5.41, 5.74) is 3.71. The molecule has 2 saturated carbocycles. The van der Waals surface area contributed by atoms with Crippen molar-refractivity contribution >= 4 is 5.78 Å². The van der Waals surface area contributed by atoms with Crippen molar-refractivity contribution in [1.29, 1.82) is 0 Å². The number of rotatable bonds is 2. The molecule has 2 fully saturated rings. The maximum Gasteiger partial charge on any atom is 0.166 e. The molecule has 1 heterocycles. The first-order chi connectivity index (χ1) is 9.31. The van der Waals surface area contributed by atoms with Crippen LogP contribution in [0, 0.1) is 17.8 Å². The van der Waals surface area contributed by atoms with E-state index in [2.05, 4.69) is 23.5 Å². The van der Waals surface area contributed by atoms with Gasteiger partial charge in [0.25, 0.3) is 0 Å². The van der Waals surface area contributed by atoms with Crippen LogP contribution in [0.2, 0.25) is 0 Å². The molecule has 0 amide bonds. The van der Waals surface area contributed by atoms with E-state index >= 15 is 0 Å². The molecule has 0 saturated heterocycles. The van der Waals surface area contributed by atoms with Gasteiger partial charge in [-0.3, -0.25) is 4.79 Å². The van der Waals surface area contributed by atoms with Gasteiger partial charge < -0.3 is 5.32 Å². The lowest BCUT2D eigenvalue weighted by atomic mass is 9.82. The molecule has 1 aromatic rings. The third-order valence-corrected chi connectivity index (χ3v) is 5.45. The number of hydrogen-bond donors (Lipinski definition) is 1. The zero-order valence-electron chi connectivity index (χ0n) is 11.3. The van der Waals surface area contributed by atoms with Crippen molar-refractivity contribution in [2.24, 2.45) is 17.8 Å². The van der Waals surface area contributed by atoms with Crippen molar-refractivity contribution in [2.45, 2.75) is 38.6 Å². The fraction of sp³-hybridized carbons (Fsp3) is 0.588. The molecule has 1 aliphatic heterocycles. The van der Waals surface area contributed by atoms with E-state index in [1.165, 1.54) is 30.4 Å². The molecule has 2 heteroatoms. The molecular formula is C17H21NO. The lowest BCUT2D eigenvalue weighted by molar-refractivity contribution is 0.0874. The number of Topliss-reactive ketones (excluding diaryl/α,β-unsaturated/α-hetero) is 1. The van der Waals surface area contributed by atoms with Gasteiger partial charge in [0.2, 0.25) is 0 Å². The molecule has 0 aromatic heterocycles. The molecule has 3 atom stereocenters. The fourth-order valence-electron chi connectivity index (χ4n) is 4.41. The standard InChI is InChI=1S/C17H21NO/c19-17(16-8-11-1-2-13(16)7-11)14-4-3-12-5-6-18-10-15(12)9-14/h3-4,9,11,13,16,18H,1-2,5-8,10H2. The normalized spacial score (nSPS) is 32.3. The molecule has 0 spiro atoms. The van der Waals surface area contributed by atoms with E-state index in [1.54, 1.807) is 0 Å². The second kappa shape index (κ2) is 4.45. The molecular weight excluding hydrogens is 234 g/mol. The van der Waals surface area contributed by atoms with E-state index in [0.717, 1.165) is 37.4 Å². The maximum absolute atomic E-state index is 12.7. The van der Waals surface area contributed by atoms with Gasteiger partial charge >= 0.3 is 0 Å². The van der Waals surface area contributed by atoms with E-state index < -0.39 is 0 Å². The largest absolute Gasteiger partial charge is 0.312 e. The summed E-state index contributed by atoms with van der Waals surface area (Å²) in [4.78, 5) is 12.7. The van der Waals surface area contributed by atoms with Gasteiger partial charge in [0.1, 0.15) is 0 Å². The lowest BCUT2D eigenvalue weighted by Crippen LogP contribution is -2.25. The second-order valence-corrected chi connectivity index (χ2v) is 6.56. The van der Waals surface area contributed by atoms with Crippen LogP contribution in [-0.4, -0.2) is 12.3 Å². The van der Waals surface area contributed by atoms with Crippen LogP contribution in [0.4, 0.5) is 0 Å². The molecule has 3 aliphatic rings. The van der Waals surface area contributed by atoms with Gasteiger partial charge in [-0.2, -0.15) is 0 Å². The molecule has 0 radical (unpaired) electrons. The van der Waals surface area contributed by atoms with Crippen LogP contribution >= 0.6 is 0 Å². The van der Waals surface area contributed by atoms with Crippen LogP contribution in [-0.2, 0) is 13.0 Å². The molecule has 2 nitrogen and oxygen atoms in total. The van der Waals surface area contributed by atoms with E-state index in [1.807, 2.05) is 0 Å². The lowest BCUT2D eigenvalue weighted by Gasteiger charge is -2.22. The molecule has 1 aromatic carbocycles. The van der Waals surface area contributed by atoms with E-state index in [0.29, 0.717) is 17.6 Å². The van der Waals surface area contributed by atoms with Crippen molar-refractivity contribution in [2.75, 3.05) is 6.54 Å². The molecule has 19 heavy (non-hydrogen) atoms. The average Bonchev–Trinajstić information content (AvgIpc) is 3.08. The van der Waals surface area contributed by atoms with Crippen molar-refractivity contribution in [3.63, 3.8) is 0 Å². The maximum atomic E-state index is 12.7. The Morgan fingerprint density at radius 3 is 2.89 bits per heavy atom. The first kappa shape index (κ1) is 11.7. The number of benzene rings is 1. The smallest absolute Gasteiger partial charge is 0.166 e. The van der Waals surface area contributed by atoms with Crippen LogP contribution in [0.15, 0.2) is 18.2 Å². The molecule has 2 bridgehead atoms. The number of nitrogens with one attached hydrogen (secondary N) is 1. The molecule has 2 aliphatic carbocycles. The minimum absolute atomic E-state index is 0.327. The Hall–Kier alpha value is -1.15. The highest BCUT2D eigenvalue weighted by Gasteiger charge is 2.43. The van der Waals surface area contributed by atoms with Gasteiger partial charge in [0, 0.05) is 18.0 Å². The highest BCUT2D eigenvalue weighted by molar-refractivity contribution is 5.98. The van der Waals surface area contributed by atoms with Crippen LogP contribution in [0.3, 0.4) is 0 Å². The first-order valence-corrected chi connectivity index (χ1v) is 7.68. The Labute approximate surface area is 114 Å².